The zero-order valence-electron chi connectivity index (χ0n) is 8.71. The second-order valence-electron chi connectivity index (χ2n) is 3.27. The number of hydrogen-bond donors (Lipinski definition) is 0. The Morgan fingerprint density at radius 2 is 1.93 bits per heavy atom. The monoisotopic (exact) mass is 314 g/mol. The Kier molecular flexibility index (Phi) is 7.32. The molecule has 0 aromatic heterocycles. The molecule has 0 aliphatic carbocycles. The number of unbranched alkanes of at least 4 members (excludes halogenated alkanes) is 2. The molecule has 0 amide bonds. The molecule has 0 fully saturated rings. The molecule has 0 spiro atoms. The Morgan fingerprint density at radius 1 is 1.13 bits per heavy atom. The SMILES string of the molecule is IC#CCCCCOCc1ccccc1. The predicted octanol–water partition coefficient (Wildman–Crippen LogP) is 3.77. The third kappa shape index (κ3) is 6.53. The zero-order valence-corrected chi connectivity index (χ0v) is 10.9. The summed E-state index contributed by atoms with van der Waals surface area (Å²) in [6, 6.07) is 10.3. The largest absolute Gasteiger partial charge is 0.377 e. The smallest absolute Gasteiger partial charge is 0.0716 e. The van der Waals surface area contributed by atoms with Crippen LogP contribution in [0.25, 0.3) is 0 Å². The van der Waals surface area contributed by atoms with Crippen molar-refractivity contribution in [2.24, 2.45) is 0 Å². The first-order valence-electron chi connectivity index (χ1n) is 5.13. The van der Waals surface area contributed by atoms with E-state index in [1.165, 1.54) is 5.56 Å². The van der Waals surface area contributed by atoms with Gasteiger partial charge in [0, 0.05) is 35.6 Å². The summed E-state index contributed by atoms with van der Waals surface area (Å²) in [6.45, 7) is 1.55. The van der Waals surface area contributed by atoms with Gasteiger partial charge in [0.15, 0.2) is 0 Å². The first kappa shape index (κ1) is 12.5. The fourth-order valence-electron chi connectivity index (χ4n) is 1.23. The van der Waals surface area contributed by atoms with Crippen LogP contribution in [0.3, 0.4) is 0 Å². The van der Waals surface area contributed by atoms with Crippen molar-refractivity contribution in [3.63, 3.8) is 0 Å². The molecule has 0 saturated heterocycles. The Morgan fingerprint density at radius 3 is 2.67 bits per heavy atom. The summed E-state index contributed by atoms with van der Waals surface area (Å²) < 4.78 is 8.41. The molecule has 0 N–H and O–H groups in total. The number of ether oxygens (including phenoxy) is 1. The Bertz CT molecular complexity index is 310. The zero-order chi connectivity index (χ0) is 10.8. The van der Waals surface area contributed by atoms with Gasteiger partial charge in [-0.2, -0.15) is 0 Å². The maximum Gasteiger partial charge on any atom is 0.0716 e. The van der Waals surface area contributed by atoms with Gasteiger partial charge >= 0.3 is 0 Å². The lowest BCUT2D eigenvalue weighted by atomic mass is 10.2. The van der Waals surface area contributed by atoms with Crippen LogP contribution >= 0.6 is 22.6 Å². The molecule has 0 aliphatic heterocycles. The number of halogens is 1. The lowest BCUT2D eigenvalue weighted by molar-refractivity contribution is 0.117. The van der Waals surface area contributed by atoms with Crippen LogP contribution in [0, 0.1) is 9.85 Å². The third-order valence-electron chi connectivity index (χ3n) is 2.02. The van der Waals surface area contributed by atoms with Gasteiger partial charge in [0.25, 0.3) is 0 Å². The fourth-order valence-corrected chi connectivity index (χ4v) is 1.50. The van der Waals surface area contributed by atoms with Crippen molar-refractivity contribution in [1.82, 2.24) is 0 Å². The molecule has 0 atom stereocenters. The molecule has 0 bridgehead atoms. The molecule has 0 saturated carbocycles. The molecule has 1 aromatic rings. The summed E-state index contributed by atoms with van der Waals surface area (Å²) >= 11 is 2.07. The highest BCUT2D eigenvalue weighted by molar-refractivity contribution is 14.1. The van der Waals surface area contributed by atoms with Crippen LogP contribution < -0.4 is 0 Å². The second-order valence-corrected chi connectivity index (χ2v) is 3.81. The minimum Gasteiger partial charge on any atom is -0.377 e. The summed E-state index contributed by atoms with van der Waals surface area (Å²) in [5.74, 6) is 3.04. The van der Waals surface area contributed by atoms with Gasteiger partial charge < -0.3 is 4.74 Å². The molecule has 0 unspecified atom stereocenters. The van der Waals surface area contributed by atoms with Crippen LogP contribution in [0.15, 0.2) is 30.3 Å². The highest BCUT2D eigenvalue weighted by Crippen LogP contribution is 2.02. The normalized spacial score (nSPS) is 9.40. The van der Waals surface area contributed by atoms with Crippen molar-refractivity contribution in [2.75, 3.05) is 6.61 Å². The molecule has 0 radical (unpaired) electrons. The van der Waals surface area contributed by atoms with Crippen LogP contribution in [0.5, 0.6) is 0 Å². The van der Waals surface area contributed by atoms with E-state index >= 15 is 0 Å². The van der Waals surface area contributed by atoms with E-state index in [9.17, 15) is 0 Å². The average Bonchev–Trinajstić information content (AvgIpc) is 2.29. The number of benzene rings is 1. The van der Waals surface area contributed by atoms with E-state index in [1.807, 2.05) is 18.2 Å². The van der Waals surface area contributed by atoms with Crippen LogP contribution in [-0.2, 0) is 11.3 Å². The molecule has 1 aromatic carbocycles. The van der Waals surface area contributed by atoms with Gasteiger partial charge in [-0.3, -0.25) is 0 Å². The van der Waals surface area contributed by atoms with E-state index in [4.69, 9.17) is 4.74 Å². The Hall–Kier alpha value is -0.530. The van der Waals surface area contributed by atoms with Crippen LogP contribution in [0.4, 0.5) is 0 Å². The summed E-state index contributed by atoms with van der Waals surface area (Å²) in [6.07, 6.45) is 3.21. The van der Waals surface area contributed by atoms with Gasteiger partial charge in [-0.25, -0.2) is 0 Å². The van der Waals surface area contributed by atoms with Gasteiger partial charge in [0.05, 0.1) is 6.61 Å². The molecule has 2 heteroatoms. The highest BCUT2D eigenvalue weighted by Gasteiger charge is 1.91. The number of hydrogen-bond acceptors (Lipinski definition) is 1. The third-order valence-corrected chi connectivity index (χ3v) is 2.40. The van der Waals surface area contributed by atoms with Crippen molar-refractivity contribution in [2.45, 2.75) is 25.9 Å². The molecule has 15 heavy (non-hydrogen) atoms. The summed E-state index contributed by atoms with van der Waals surface area (Å²) in [7, 11) is 0. The van der Waals surface area contributed by atoms with Crippen LogP contribution in [0.2, 0.25) is 0 Å². The van der Waals surface area contributed by atoms with E-state index in [-0.39, 0.29) is 0 Å². The lowest BCUT2D eigenvalue weighted by Gasteiger charge is -2.02. The van der Waals surface area contributed by atoms with E-state index in [1.54, 1.807) is 0 Å². The molecule has 80 valence electrons. The minimum absolute atomic E-state index is 0.721. The van der Waals surface area contributed by atoms with Gasteiger partial charge in [0.2, 0.25) is 0 Å². The number of rotatable bonds is 6. The van der Waals surface area contributed by atoms with Gasteiger partial charge in [-0.05, 0) is 22.3 Å². The highest BCUT2D eigenvalue weighted by atomic mass is 127. The fraction of sp³-hybridized carbons (Fsp3) is 0.385. The summed E-state index contributed by atoms with van der Waals surface area (Å²) in [5.41, 5.74) is 1.24. The summed E-state index contributed by atoms with van der Waals surface area (Å²) in [5, 5.41) is 0. The van der Waals surface area contributed by atoms with Crippen LogP contribution in [0.1, 0.15) is 24.8 Å². The molecular formula is C13H15IO. The standard InChI is InChI=1S/C13H15IO/c14-10-6-1-2-7-11-15-12-13-8-4-3-5-9-13/h3-5,8-9H,1-2,7,11-12H2. The van der Waals surface area contributed by atoms with Gasteiger partial charge in [-0.1, -0.05) is 36.3 Å². The summed E-state index contributed by atoms with van der Waals surface area (Å²) in [4.78, 5) is 0. The molecule has 1 rings (SSSR count). The van der Waals surface area contributed by atoms with Crippen molar-refractivity contribution in [1.29, 1.82) is 0 Å². The van der Waals surface area contributed by atoms with Gasteiger partial charge in [-0.15, -0.1) is 0 Å². The topological polar surface area (TPSA) is 9.23 Å². The molecule has 0 heterocycles. The van der Waals surface area contributed by atoms with E-state index in [0.717, 1.165) is 32.5 Å². The average molecular weight is 314 g/mol. The molecule has 1 nitrogen and oxygen atoms in total. The first-order valence-corrected chi connectivity index (χ1v) is 6.21. The quantitative estimate of drug-likeness (QED) is 0.441. The Balaban J connectivity index is 1.99. The first-order chi connectivity index (χ1) is 7.43. The van der Waals surface area contributed by atoms with Crippen molar-refractivity contribution >= 4 is 22.6 Å². The predicted molar refractivity (Wildman–Crippen MR) is 71.7 cm³/mol. The van der Waals surface area contributed by atoms with Crippen molar-refractivity contribution < 1.29 is 4.74 Å². The van der Waals surface area contributed by atoms with Gasteiger partial charge in [0.1, 0.15) is 0 Å². The molecule has 0 aliphatic rings. The van der Waals surface area contributed by atoms with E-state index in [0.29, 0.717) is 0 Å². The maximum absolute atomic E-state index is 5.55. The molecular weight excluding hydrogens is 299 g/mol. The second kappa shape index (κ2) is 8.75. The van der Waals surface area contributed by atoms with Crippen molar-refractivity contribution in [3.05, 3.63) is 35.9 Å². The van der Waals surface area contributed by atoms with Crippen molar-refractivity contribution in [3.8, 4) is 9.85 Å². The van der Waals surface area contributed by atoms with Crippen LogP contribution in [-0.4, -0.2) is 6.61 Å². The van der Waals surface area contributed by atoms with E-state index < -0.39 is 0 Å². The Labute approximate surface area is 105 Å². The van der Waals surface area contributed by atoms with E-state index in [2.05, 4.69) is 44.6 Å². The maximum atomic E-state index is 5.55. The minimum atomic E-state index is 0.721. The lowest BCUT2D eigenvalue weighted by Crippen LogP contribution is -1.95.